The summed E-state index contributed by atoms with van der Waals surface area (Å²) >= 11 is 0. The highest BCUT2D eigenvalue weighted by molar-refractivity contribution is 5.79. The van der Waals surface area contributed by atoms with Crippen molar-refractivity contribution in [3.05, 3.63) is 35.4 Å². The van der Waals surface area contributed by atoms with E-state index in [1.807, 2.05) is 0 Å². The SMILES string of the molecule is Cc1ccc(CCCC(=O)NCCCCC(N)C(N)=O)cc1. The molecule has 0 aliphatic heterocycles. The van der Waals surface area contributed by atoms with Crippen LogP contribution in [0.1, 0.15) is 43.2 Å². The van der Waals surface area contributed by atoms with Crippen LogP contribution in [-0.4, -0.2) is 24.4 Å². The van der Waals surface area contributed by atoms with E-state index in [-0.39, 0.29) is 5.91 Å². The Morgan fingerprint density at radius 2 is 1.82 bits per heavy atom. The topological polar surface area (TPSA) is 98.2 Å². The molecule has 5 heteroatoms. The van der Waals surface area contributed by atoms with Gasteiger partial charge in [0.2, 0.25) is 11.8 Å². The molecule has 0 aliphatic carbocycles. The highest BCUT2D eigenvalue weighted by Crippen LogP contribution is 2.07. The number of carbonyl (C=O) groups is 2. The number of benzene rings is 1. The molecule has 1 atom stereocenters. The van der Waals surface area contributed by atoms with E-state index in [0.717, 1.165) is 25.7 Å². The summed E-state index contributed by atoms with van der Waals surface area (Å²) in [4.78, 5) is 22.4. The van der Waals surface area contributed by atoms with Crippen molar-refractivity contribution in [1.82, 2.24) is 5.32 Å². The van der Waals surface area contributed by atoms with E-state index in [4.69, 9.17) is 11.5 Å². The second kappa shape index (κ2) is 9.95. The molecule has 122 valence electrons. The van der Waals surface area contributed by atoms with Crippen LogP contribution in [0, 0.1) is 6.92 Å². The zero-order valence-corrected chi connectivity index (χ0v) is 13.3. The molecule has 0 heterocycles. The minimum atomic E-state index is -0.579. The number of carbonyl (C=O) groups excluding carboxylic acids is 2. The Kier molecular flexibility index (Phi) is 8.22. The molecule has 5 N–H and O–H groups in total. The lowest BCUT2D eigenvalue weighted by atomic mass is 10.1. The maximum absolute atomic E-state index is 11.7. The first-order valence-corrected chi connectivity index (χ1v) is 7.86. The summed E-state index contributed by atoms with van der Waals surface area (Å²) in [5.74, 6) is -0.397. The van der Waals surface area contributed by atoms with E-state index in [1.165, 1.54) is 11.1 Å². The van der Waals surface area contributed by atoms with Gasteiger partial charge in [-0.2, -0.15) is 0 Å². The summed E-state index contributed by atoms with van der Waals surface area (Å²) in [6, 6.07) is 7.81. The second-order valence-electron chi connectivity index (χ2n) is 5.69. The van der Waals surface area contributed by atoms with Gasteiger partial charge in [0.25, 0.3) is 0 Å². The fourth-order valence-corrected chi connectivity index (χ4v) is 2.16. The Bertz CT molecular complexity index is 471. The van der Waals surface area contributed by atoms with Crippen LogP contribution in [0.2, 0.25) is 0 Å². The van der Waals surface area contributed by atoms with Crippen molar-refractivity contribution < 1.29 is 9.59 Å². The average molecular weight is 305 g/mol. The third-order valence-electron chi connectivity index (χ3n) is 3.62. The molecule has 0 aromatic heterocycles. The maximum Gasteiger partial charge on any atom is 0.234 e. The van der Waals surface area contributed by atoms with Gasteiger partial charge in [0.1, 0.15) is 0 Å². The molecule has 0 bridgehead atoms. The minimum absolute atomic E-state index is 0.0753. The quantitative estimate of drug-likeness (QED) is 0.570. The van der Waals surface area contributed by atoms with E-state index >= 15 is 0 Å². The van der Waals surface area contributed by atoms with Crippen molar-refractivity contribution in [3.63, 3.8) is 0 Å². The van der Waals surface area contributed by atoms with Crippen LogP contribution < -0.4 is 16.8 Å². The van der Waals surface area contributed by atoms with Gasteiger partial charge < -0.3 is 16.8 Å². The molecule has 0 radical (unpaired) electrons. The highest BCUT2D eigenvalue weighted by Gasteiger charge is 2.08. The lowest BCUT2D eigenvalue weighted by Crippen LogP contribution is -2.36. The van der Waals surface area contributed by atoms with Gasteiger partial charge in [-0.25, -0.2) is 0 Å². The smallest absolute Gasteiger partial charge is 0.234 e. The van der Waals surface area contributed by atoms with Gasteiger partial charge >= 0.3 is 0 Å². The Hall–Kier alpha value is -1.88. The maximum atomic E-state index is 11.7. The molecule has 1 unspecified atom stereocenters. The van der Waals surface area contributed by atoms with Crippen LogP contribution in [0.5, 0.6) is 0 Å². The number of hydrogen-bond acceptors (Lipinski definition) is 3. The van der Waals surface area contributed by atoms with Crippen molar-refractivity contribution in [3.8, 4) is 0 Å². The number of primary amides is 1. The fraction of sp³-hybridized carbons (Fsp3) is 0.529. The largest absolute Gasteiger partial charge is 0.368 e. The first-order chi connectivity index (χ1) is 10.5. The van der Waals surface area contributed by atoms with Crippen LogP contribution >= 0.6 is 0 Å². The van der Waals surface area contributed by atoms with E-state index in [1.54, 1.807) is 0 Å². The molecule has 1 aromatic rings. The summed E-state index contributed by atoms with van der Waals surface area (Å²) in [5, 5.41) is 2.89. The van der Waals surface area contributed by atoms with Gasteiger partial charge in [-0.15, -0.1) is 0 Å². The standard InChI is InChI=1S/C17H27N3O2/c1-13-8-10-14(11-9-13)5-4-7-16(21)20-12-3-2-6-15(18)17(19)22/h8-11,15H,2-7,12,18H2,1H3,(H2,19,22)(H,20,21). The number of amides is 2. The number of aryl methyl sites for hydroxylation is 2. The molecule has 0 saturated carbocycles. The van der Waals surface area contributed by atoms with Gasteiger partial charge in [0.05, 0.1) is 6.04 Å². The first kappa shape index (κ1) is 18.2. The van der Waals surface area contributed by atoms with Crippen LogP contribution in [0.4, 0.5) is 0 Å². The summed E-state index contributed by atoms with van der Waals surface area (Å²) in [5.41, 5.74) is 13.1. The predicted octanol–water partition coefficient (Wildman–Crippen LogP) is 1.42. The monoisotopic (exact) mass is 305 g/mol. The number of unbranched alkanes of at least 4 members (excludes halogenated alkanes) is 1. The predicted molar refractivity (Wildman–Crippen MR) is 88.1 cm³/mol. The van der Waals surface area contributed by atoms with Crippen LogP contribution in [0.25, 0.3) is 0 Å². The zero-order valence-electron chi connectivity index (χ0n) is 13.3. The number of nitrogens with one attached hydrogen (secondary N) is 1. The molecule has 5 nitrogen and oxygen atoms in total. The Balaban J connectivity index is 2.04. The number of rotatable bonds is 10. The zero-order chi connectivity index (χ0) is 16.4. The van der Waals surface area contributed by atoms with Crippen molar-refractivity contribution in [2.75, 3.05) is 6.54 Å². The summed E-state index contributed by atoms with van der Waals surface area (Å²) < 4.78 is 0. The Morgan fingerprint density at radius 3 is 2.45 bits per heavy atom. The molecule has 2 amide bonds. The van der Waals surface area contributed by atoms with E-state index in [2.05, 4.69) is 36.5 Å². The van der Waals surface area contributed by atoms with Gasteiger partial charge in [-0.3, -0.25) is 9.59 Å². The third kappa shape index (κ3) is 7.78. The third-order valence-corrected chi connectivity index (χ3v) is 3.62. The molecule has 1 rings (SSSR count). The second-order valence-corrected chi connectivity index (χ2v) is 5.69. The van der Waals surface area contributed by atoms with Gasteiger partial charge in [-0.05, 0) is 44.6 Å². The van der Waals surface area contributed by atoms with E-state index in [9.17, 15) is 9.59 Å². The lowest BCUT2D eigenvalue weighted by molar-refractivity contribution is -0.121. The van der Waals surface area contributed by atoms with Gasteiger partial charge in [0, 0.05) is 13.0 Å². The van der Waals surface area contributed by atoms with Crippen molar-refractivity contribution >= 4 is 11.8 Å². The Morgan fingerprint density at radius 1 is 1.14 bits per heavy atom. The normalized spacial score (nSPS) is 11.9. The summed E-state index contributed by atoms with van der Waals surface area (Å²) in [6.45, 7) is 2.68. The summed E-state index contributed by atoms with van der Waals surface area (Å²) in [7, 11) is 0. The molecule has 0 aliphatic rings. The van der Waals surface area contributed by atoms with E-state index in [0.29, 0.717) is 19.4 Å². The van der Waals surface area contributed by atoms with Crippen LogP contribution in [0.3, 0.4) is 0 Å². The molecule has 0 spiro atoms. The van der Waals surface area contributed by atoms with Crippen LogP contribution in [0.15, 0.2) is 24.3 Å². The highest BCUT2D eigenvalue weighted by atomic mass is 16.2. The van der Waals surface area contributed by atoms with Crippen molar-refractivity contribution in [2.45, 2.75) is 51.5 Å². The van der Waals surface area contributed by atoms with Gasteiger partial charge in [-0.1, -0.05) is 29.8 Å². The summed E-state index contributed by atoms with van der Waals surface area (Å²) in [6.07, 6.45) is 4.47. The molecular formula is C17H27N3O2. The van der Waals surface area contributed by atoms with Crippen molar-refractivity contribution in [1.29, 1.82) is 0 Å². The average Bonchev–Trinajstić information content (AvgIpc) is 2.48. The minimum Gasteiger partial charge on any atom is -0.368 e. The van der Waals surface area contributed by atoms with Gasteiger partial charge in [0.15, 0.2) is 0 Å². The molecule has 0 saturated heterocycles. The number of nitrogens with two attached hydrogens (primary N) is 2. The van der Waals surface area contributed by atoms with Crippen molar-refractivity contribution in [2.24, 2.45) is 11.5 Å². The molecule has 22 heavy (non-hydrogen) atoms. The molecule has 0 fully saturated rings. The fourth-order valence-electron chi connectivity index (χ4n) is 2.16. The molecular weight excluding hydrogens is 278 g/mol. The lowest BCUT2D eigenvalue weighted by Gasteiger charge is -2.08. The van der Waals surface area contributed by atoms with E-state index < -0.39 is 11.9 Å². The number of hydrogen-bond donors (Lipinski definition) is 3. The van der Waals surface area contributed by atoms with Crippen LogP contribution in [-0.2, 0) is 16.0 Å². The molecule has 1 aromatic carbocycles. The Labute approximate surface area is 132 Å². The first-order valence-electron chi connectivity index (χ1n) is 7.86.